The second-order valence-corrected chi connectivity index (χ2v) is 3.88. The van der Waals surface area contributed by atoms with Crippen LogP contribution in [0, 0.1) is 0 Å². The summed E-state index contributed by atoms with van der Waals surface area (Å²) >= 11 is 0. The van der Waals surface area contributed by atoms with Crippen molar-refractivity contribution in [2.75, 3.05) is 7.05 Å². The Balaban J connectivity index is -0.000000529. The summed E-state index contributed by atoms with van der Waals surface area (Å²) in [5.41, 5.74) is 2.58. The summed E-state index contributed by atoms with van der Waals surface area (Å²) in [4.78, 5) is 12.5. The predicted octanol–water partition coefficient (Wildman–Crippen LogP) is 4.23. The molecule has 0 aliphatic rings. The van der Waals surface area contributed by atoms with Crippen LogP contribution in [0.15, 0.2) is 24.3 Å². The van der Waals surface area contributed by atoms with Gasteiger partial charge in [-0.05, 0) is 24.6 Å². The maximum Gasteiger partial charge on any atom is 0.0207 e. The molecule has 0 amide bonds. The second-order valence-electron chi connectivity index (χ2n) is 3.88. The molecule has 1 aromatic carbocycles. The largest absolute Gasteiger partial charge is 0.540 e. The third kappa shape index (κ3) is 10.7. The Labute approximate surface area is 151 Å². The molecular weight excluding hydrogens is 323 g/mol. The Bertz CT molecular complexity index is 311. The fourth-order valence-electron chi connectivity index (χ4n) is 1.40. The fourth-order valence-corrected chi connectivity index (χ4v) is 1.40. The summed E-state index contributed by atoms with van der Waals surface area (Å²) in [5, 5.41) is 0. The Morgan fingerprint density at radius 2 is 1.45 bits per heavy atom. The number of likely N-dealkylation sites (N-methyl/N-ethyl adjacent to an activating group) is 1. The molecule has 1 rings (SSSR count). The molecule has 1 unspecified atom stereocenters. The van der Waals surface area contributed by atoms with E-state index in [2.05, 4.69) is 31.2 Å². The van der Waals surface area contributed by atoms with Crippen LogP contribution in [0.25, 0.3) is 0 Å². The van der Waals surface area contributed by atoms with Gasteiger partial charge in [-0.3, -0.25) is 0 Å². The van der Waals surface area contributed by atoms with Crippen molar-refractivity contribution >= 4 is 6.29 Å². The average Bonchev–Trinajstić information content (AvgIpc) is 2.51. The quantitative estimate of drug-likeness (QED) is 0.739. The smallest absolute Gasteiger partial charge is 0.0207 e. The topological polar surface area (TPSA) is 20.3 Å². The first kappa shape index (κ1) is 24.9. The van der Waals surface area contributed by atoms with Gasteiger partial charge in [-0.1, -0.05) is 71.8 Å². The zero-order valence-corrected chi connectivity index (χ0v) is 17.1. The first-order valence-electron chi connectivity index (χ1n) is 7.33. The summed E-state index contributed by atoms with van der Waals surface area (Å²) in [6, 6.07) is 8.37. The molecule has 1 radical (unpaired) electrons. The van der Waals surface area contributed by atoms with Crippen LogP contribution in [0.1, 0.15) is 52.7 Å². The van der Waals surface area contributed by atoms with Gasteiger partial charge < -0.3 is 9.69 Å². The molecule has 3 heteroatoms. The van der Waals surface area contributed by atoms with Crippen molar-refractivity contribution in [2.24, 2.45) is 0 Å². The van der Waals surface area contributed by atoms with Gasteiger partial charge >= 0.3 is 0 Å². The van der Waals surface area contributed by atoms with Crippen molar-refractivity contribution in [1.82, 2.24) is 4.90 Å². The normalized spacial score (nSPS) is 10.2. The van der Waals surface area contributed by atoms with Crippen molar-refractivity contribution in [1.29, 1.82) is 0 Å². The molecule has 1 atom stereocenters. The summed E-state index contributed by atoms with van der Waals surface area (Å²) in [6.45, 7) is 12.8. The monoisotopic (exact) mass is 353 g/mol. The molecule has 0 saturated carbocycles. The van der Waals surface area contributed by atoms with Gasteiger partial charge in [0.15, 0.2) is 0 Å². The van der Waals surface area contributed by atoms with Crippen LogP contribution in [0.2, 0.25) is 0 Å². The number of nitrogens with zero attached hydrogens (tertiary/aromatic N) is 1. The SMILES string of the molecule is CC.CC.CCc1ccc(CN(C)C(C)[C-]=O)cc1.[Y]. The van der Waals surface area contributed by atoms with Crippen LogP contribution in [-0.2, 0) is 50.5 Å². The van der Waals surface area contributed by atoms with E-state index in [1.807, 2.05) is 52.9 Å². The van der Waals surface area contributed by atoms with E-state index in [1.165, 1.54) is 11.1 Å². The molecule has 0 aliphatic carbocycles. The van der Waals surface area contributed by atoms with E-state index in [0.717, 1.165) is 13.0 Å². The maximum atomic E-state index is 10.5. The number of rotatable bonds is 5. The van der Waals surface area contributed by atoms with E-state index in [9.17, 15) is 4.79 Å². The van der Waals surface area contributed by atoms with Crippen LogP contribution >= 0.6 is 0 Å². The molecule has 0 heterocycles. The Morgan fingerprint density at radius 3 is 1.80 bits per heavy atom. The van der Waals surface area contributed by atoms with Gasteiger partial charge in [-0.2, -0.15) is 0 Å². The minimum absolute atomic E-state index is 0. The van der Waals surface area contributed by atoms with Gasteiger partial charge in [0.05, 0.1) is 0 Å². The van der Waals surface area contributed by atoms with Crippen LogP contribution in [0.4, 0.5) is 0 Å². The Hall–Kier alpha value is -0.0461. The molecule has 2 nitrogen and oxygen atoms in total. The second kappa shape index (κ2) is 17.0. The Kier molecular flexibility index (Phi) is 21.2. The van der Waals surface area contributed by atoms with Crippen LogP contribution in [0.3, 0.4) is 0 Å². The van der Waals surface area contributed by atoms with Crippen molar-refractivity contribution in [3.63, 3.8) is 0 Å². The summed E-state index contributed by atoms with van der Waals surface area (Å²) in [5.74, 6) is 0. The van der Waals surface area contributed by atoms with Crippen molar-refractivity contribution in [3.8, 4) is 0 Å². The molecule has 0 N–H and O–H groups in total. The number of carbonyl (C=O) groups excluding carboxylic acids is 1. The van der Waals surface area contributed by atoms with E-state index in [1.54, 1.807) is 0 Å². The van der Waals surface area contributed by atoms with Crippen molar-refractivity contribution < 1.29 is 37.5 Å². The first-order valence-corrected chi connectivity index (χ1v) is 7.33. The predicted molar refractivity (Wildman–Crippen MR) is 85.1 cm³/mol. The van der Waals surface area contributed by atoms with Crippen LogP contribution < -0.4 is 0 Å². The molecule has 0 spiro atoms. The molecule has 1 aromatic rings. The van der Waals surface area contributed by atoms with Crippen LogP contribution in [0.5, 0.6) is 0 Å². The molecule has 0 bridgehead atoms. The van der Waals surface area contributed by atoms with E-state index in [-0.39, 0.29) is 38.8 Å². The third-order valence-corrected chi connectivity index (χ3v) is 2.69. The van der Waals surface area contributed by atoms with Gasteiger partial charge in [0, 0.05) is 39.3 Å². The minimum atomic E-state index is -0.143. The van der Waals surface area contributed by atoms with E-state index in [4.69, 9.17) is 0 Å². The maximum absolute atomic E-state index is 10.5. The summed E-state index contributed by atoms with van der Waals surface area (Å²) in [6.07, 6.45) is 3.05. The fraction of sp³-hybridized carbons (Fsp3) is 0.588. The van der Waals surface area contributed by atoms with E-state index in [0.29, 0.717) is 0 Å². The van der Waals surface area contributed by atoms with Gasteiger partial charge in [0.25, 0.3) is 0 Å². The molecular formula is C17H30NOY-. The van der Waals surface area contributed by atoms with E-state index < -0.39 is 0 Å². The molecule has 0 aromatic heterocycles. The Morgan fingerprint density at radius 1 is 1.05 bits per heavy atom. The zero-order valence-electron chi connectivity index (χ0n) is 14.2. The molecule has 0 aliphatic heterocycles. The van der Waals surface area contributed by atoms with Crippen LogP contribution in [-0.4, -0.2) is 24.3 Å². The number of hydrogen-bond acceptors (Lipinski definition) is 2. The molecule has 113 valence electrons. The third-order valence-electron chi connectivity index (χ3n) is 2.69. The standard InChI is InChI=1S/C13H18NO.2C2H6.Y/c1-4-12-5-7-13(8-6-12)9-14(3)11(2)10-15;2*1-2;/h5-8,11H,4,9H2,1-3H3;2*1-2H3;/q-1;;;. The molecule has 0 saturated heterocycles. The first-order chi connectivity index (χ1) is 9.17. The molecule has 20 heavy (non-hydrogen) atoms. The molecule has 0 fully saturated rings. The van der Waals surface area contributed by atoms with Crippen molar-refractivity contribution in [3.05, 3.63) is 35.4 Å². The summed E-state index contributed by atoms with van der Waals surface area (Å²) < 4.78 is 0. The number of benzene rings is 1. The van der Waals surface area contributed by atoms with Crippen molar-refractivity contribution in [2.45, 2.75) is 60.5 Å². The zero-order chi connectivity index (χ0) is 15.3. The van der Waals surface area contributed by atoms with Gasteiger partial charge in [0.2, 0.25) is 0 Å². The van der Waals surface area contributed by atoms with Gasteiger partial charge in [-0.25, -0.2) is 6.29 Å². The van der Waals surface area contributed by atoms with E-state index >= 15 is 0 Å². The van der Waals surface area contributed by atoms with Gasteiger partial charge in [-0.15, -0.1) is 0 Å². The number of aryl methyl sites for hydroxylation is 1. The van der Waals surface area contributed by atoms with Gasteiger partial charge in [0.1, 0.15) is 0 Å². The summed E-state index contributed by atoms with van der Waals surface area (Å²) in [7, 11) is 1.93. The average molecular weight is 353 g/mol. The number of hydrogen-bond donors (Lipinski definition) is 0. The minimum Gasteiger partial charge on any atom is -0.540 e.